The summed E-state index contributed by atoms with van der Waals surface area (Å²) in [5.41, 5.74) is 14.8. The molecule has 12 rings (SSSR count). The van der Waals surface area contributed by atoms with Crippen LogP contribution in [-0.2, 0) is 0 Å². The lowest BCUT2D eigenvalue weighted by atomic mass is 9.90. The zero-order valence-corrected chi connectivity index (χ0v) is 30.7. The molecule has 0 aliphatic heterocycles. The second kappa shape index (κ2) is 12.4. The number of hydrogen-bond donors (Lipinski definition) is 0. The number of aromatic nitrogens is 4. The molecule has 0 spiro atoms. The van der Waals surface area contributed by atoms with Crippen LogP contribution in [0.15, 0.2) is 199 Å². The zero-order valence-electron chi connectivity index (χ0n) is 30.7. The average molecular weight is 729 g/mol. The maximum Gasteiger partial charge on any atom is 0.153 e. The van der Waals surface area contributed by atoms with Gasteiger partial charge in [0.15, 0.2) is 5.58 Å². The van der Waals surface area contributed by atoms with Crippen molar-refractivity contribution in [2.24, 2.45) is 0 Å². The lowest BCUT2D eigenvalue weighted by Gasteiger charge is -2.15. The summed E-state index contributed by atoms with van der Waals surface area (Å²) in [6.45, 7) is 0. The highest BCUT2D eigenvalue weighted by Gasteiger charge is 2.22. The van der Waals surface area contributed by atoms with Crippen LogP contribution >= 0.6 is 0 Å². The van der Waals surface area contributed by atoms with Crippen molar-refractivity contribution < 1.29 is 4.42 Å². The molecule has 0 radical (unpaired) electrons. The van der Waals surface area contributed by atoms with Gasteiger partial charge in [-0.15, -0.1) is 0 Å². The minimum absolute atomic E-state index is 0.790. The Morgan fingerprint density at radius 3 is 1.96 bits per heavy atom. The van der Waals surface area contributed by atoms with Gasteiger partial charge >= 0.3 is 0 Å². The number of nitrogens with zero attached hydrogens (tertiary/aromatic N) is 4. The maximum absolute atomic E-state index is 6.19. The minimum Gasteiger partial charge on any atom is -0.454 e. The van der Waals surface area contributed by atoms with E-state index >= 15 is 0 Å². The van der Waals surface area contributed by atoms with Crippen molar-refractivity contribution in [1.82, 2.24) is 19.1 Å². The van der Waals surface area contributed by atoms with Gasteiger partial charge in [-0.05, 0) is 95.1 Å². The normalized spacial score (nSPS) is 11.9. The van der Waals surface area contributed by atoms with E-state index in [0.29, 0.717) is 0 Å². The van der Waals surface area contributed by atoms with Gasteiger partial charge in [0.05, 0.1) is 27.8 Å². The van der Waals surface area contributed by atoms with Crippen LogP contribution in [0.25, 0.3) is 111 Å². The van der Waals surface area contributed by atoms with E-state index < -0.39 is 0 Å². The van der Waals surface area contributed by atoms with Gasteiger partial charge in [0, 0.05) is 44.4 Å². The summed E-state index contributed by atoms with van der Waals surface area (Å²) in [5, 5.41) is 5.77. The number of fused-ring (bicyclic) bond motifs is 9. The summed E-state index contributed by atoms with van der Waals surface area (Å²) in [4.78, 5) is 9.93. The average Bonchev–Trinajstić information content (AvgIpc) is 3.94. The standard InChI is InChI=1S/C52H32N4O/c1-3-14-33(15-4-1)39-32-47-41(36-18-7-9-22-44(36)55(47)35-27-28-48-42(30-35)52-49(57-48)25-13-29-53-52)31-40(39)37-20-11-24-46-51(37)38-19-8-10-23-45(38)56(46)50-26-12-21-43(54-50)34-16-5-2-6-17-34/h1-32H. The van der Waals surface area contributed by atoms with E-state index in [4.69, 9.17) is 14.4 Å². The van der Waals surface area contributed by atoms with Crippen LogP contribution in [0.4, 0.5) is 0 Å². The molecule has 5 aromatic heterocycles. The highest BCUT2D eigenvalue weighted by atomic mass is 16.3. The minimum atomic E-state index is 0.790. The van der Waals surface area contributed by atoms with E-state index in [2.05, 4.69) is 179 Å². The third kappa shape index (κ3) is 4.82. The molecule has 57 heavy (non-hydrogen) atoms. The molecule has 0 N–H and O–H groups in total. The maximum atomic E-state index is 6.19. The van der Waals surface area contributed by atoms with Gasteiger partial charge in [-0.25, -0.2) is 4.98 Å². The SMILES string of the molecule is c1ccc(-c2cccc(-n3c4ccccc4c4c(-c5cc6c7ccccc7n(-c7ccc8oc9cccnc9c8c7)c6cc5-c5ccccc5)cccc43)n2)cc1. The third-order valence-electron chi connectivity index (χ3n) is 11.4. The third-order valence-corrected chi connectivity index (χ3v) is 11.4. The molecular weight excluding hydrogens is 697 g/mol. The largest absolute Gasteiger partial charge is 0.454 e. The van der Waals surface area contributed by atoms with Gasteiger partial charge < -0.3 is 8.98 Å². The number of rotatable bonds is 5. The second-order valence-corrected chi connectivity index (χ2v) is 14.6. The Kier molecular flexibility index (Phi) is 6.86. The Morgan fingerprint density at radius 1 is 0.404 bits per heavy atom. The predicted octanol–water partition coefficient (Wildman–Crippen LogP) is 13.6. The Balaban J connectivity index is 1.15. The molecule has 12 aromatic rings. The molecule has 0 unspecified atom stereocenters. The van der Waals surface area contributed by atoms with Crippen molar-refractivity contribution in [3.8, 4) is 45.0 Å². The molecule has 0 aliphatic rings. The second-order valence-electron chi connectivity index (χ2n) is 14.6. The van der Waals surface area contributed by atoms with Gasteiger partial charge in [0.2, 0.25) is 0 Å². The summed E-state index contributed by atoms with van der Waals surface area (Å²) >= 11 is 0. The molecule has 0 saturated carbocycles. The molecule has 0 saturated heterocycles. The van der Waals surface area contributed by atoms with Gasteiger partial charge in [-0.2, -0.15) is 0 Å². The molecule has 5 heterocycles. The van der Waals surface area contributed by atoms with Crippen molar-refractivity contribution in [1.29, 1.82) is 0 Å². The molecule has 266 valence electrons. The molecule has 5 heteroatoms. The zero-order chi connectivity index (χ0) is 37.5. The molecule has 0 bridgehead atoms. The fourth-order valence-corrected chi connectivity index (χ4v) is 8.91. The predicted molar refractivity (Wildman–Crippen MR) is 234 cm³/mol. The molecule has 0 amide bonds. The van der Waals surface area contributed by atoms with E-state index in [1.54, 1.807) is 0 Å². The van der Waals surface area contributed by atoms with Crippen LogP contribution in [0, 0.1) is 0 Å². The summed E-state index contributed by atoms with van der Waals surface area (Å²) in [6.07, 6.45) is 1.83. The number of para-hydroxylation sites is 2. The highest BCUT2D eigenvalue weighted by molar-refractivity contribution is 6.19. The Morgan fingerprint density at radius 2 is 1.12 bits per heavy atom. The molecule has 0 atom stereocenters. The summed E-state index contributed by atoms with van der Waals surface area (Å²) in [5.74, 6) is 0.888. The van der Waals surface area contributed by atoms with E-state index in [1.807, 2.05) is 24.4 Å². The molecule has 0 fully saturated rings. The van der Waals surface area contributed by atoms with Crippen LogP contribution in [0.5, 0.6) is 0 Å². The number of benzene rings is 7. The molecular formula is C52H32N4O. The van der Waals surface area contributed by atoms with Crippen LogP contribution in [0.1, 0.15) is 0 Å². The molecule has 0 aliphatic carbocycles. The Labute approximate surface area is 327 Å². The summed E-state index contributed by atoms with van der Waals surface area (Å²) in [7, 11) is 0. The fourth-order valence-electron chi connectivity index (χ4n) is 8.91. The van der Waals surface area contributed by atoms with Gasteiger partial charge in [0.25, 0.3) is 0 Å². The Bertz CT molecular complexity index is 3520. The van der Waals surface area contributed by atoms with E-state index in [-0.39, 0.29) is 0 Å². The van der Waals surface area contributed by atoms with Gasteiger partial charge in [-0.3, -0.25) is 9.55 Å². The first kappa shape index (κ1) is 31.6. The quantitative estimate of drug-likeness (QED) is 0.177. The van der Waals surface area contributed by atoms with Crippen molar-refractivity contribution in [3.63, 3.8) is 0 Å². The van der Waals surface area contributed by atoms with Crippen LogP contribution in [-0.4, -0.2) is 19.1 Å². The summed E-state index contributed by atoms with van der Waals surface area (Å²) in [6, 6.07) is 66.8. The van der Waals surface area contributed by atoms with Crippen molar-refractivity contribution >= 4 is 65.7 Å². The molecule has 7 aromatic carbocycles. The topological polar surface area (TPSA) is 48.8 Å². The van der Waals surface area contributed by atoms with Crippen LogP contribution in [0.2, 0.25) is 0 Å². The van der Waals surface area contributed by atoms with Crippen molar-refractivity contribution in [3.05, 3.63) is 194 Å². The lowest BCUT2D eigenvalue weighted by molar-refractivity contribution is 0.668. The van der Waals surface area contributed by atoms with Gasteiger partial charge in [0.1, 0.15) is 16.9 Å². The first-order chi connectivity index (χ1) is 28.3. The summed E-state index contributed by atoms with van der Waals surface area (Å²) < 4.78 is 10.9. The van der Waals surface area contributed by atoms with Crippen molar-refractivity contribution in [2.75, 3.05) is 0 Å². The van der Waals surface area contributed by atoms with E-state index in [9.17, 15) is 0 Å². The first-order valence-corrected chi connectivity index (χ1v) is 19.2. The molecule has 5 nitrogen and oxygen atoms in total. The van der Waals surface area contributed by atoms with Crippen molar-refractivity contribution in [2.45, 2.75) is 0 Å². The number of furan rings is 1. The number of hydrogen-bond acceptors (Lipinski definition) is 3. The van der Waals surface area contributed by atoms with Crippen LogP contribution < -0.4 is 0 Å². The van der Waals surface area contributed by atoms with E-state index in [0.717, 1.165) is 78.0 Å². The van der Waals surface area contributed by atoms with E-state index in [1.165, 1.54) is 32.7 Å². The van der Waals surface area contributed by atoms with Gasteiger partial charge in [-0.1, -0.05) is 115 Å². The number of pyridine rings is 2. The Hall–Kier alpha value is -7.76. The monoisotopic (exact) mass is 728 g/mol. The smallest absolute Gasteiger partial charge is 0.153 e. The van der Waals surface area contributed by atoms with Crippen LogP contribution in [0.3, 0.4) is 0 Å². The highest BCUT2D eigenvalue weighted by Crippen LogP contribution is 2.45. The fraction of sp³-hybridized carbons (Fsp3) is 0. The lowest BCUT2D eigenvalue weighted by Crippen LogP contribution is -1.98. The first-order valence-electron chi connectivity index (χ1n) is 19.2.